The minimum Gasteiger partial charge on any atom is -0.368 e. The third kappa shape index (κ3) is 1.55. The number of hydrogen-bond acceptors (Lipinski definition) is 2. The van der Waals surface area contributed by atoms with Crippen molar-refractivity contribution in [1.82, 2.24) is 0 Å². The summed E-state index contributed by atoms with van der Waals surface area (Å²) < 4.78 is 5.84. The minimum absolute atomic E-state index is 0.111. The maximum Gasteiger partial charge on any atom is 0.124 e. The van der Waals surface area contributed by atoms with Crippen LogP contribution in [0.3, 0.4) is 0 Å². The van der Waals surface area contributed by atoms with Crippen LogP contribution in [-0.2, 0) is 9.53 Å². The van der Waals surface area contributed by atoms with E-state index in [0.717, 1.165) is 6.29 Å². The molecule has 0 heterocycles. The van der Waals surface area contributed by atoms with Gasteiger partial charge in [-0.25, -0.2) is 0 Å². The molecular formula is C11H16O2. The Bertz CT molecular complexity index is 245. The predicted molar refractivity (Wildman–Crippen MR) is 50.3 cm³/mol. The van der Waals surface area contributed by atoms with Gasteiger partial charge in [0.25, 0.3) is 0 Å². The molecule has 0 N–H and O–H groups in total. The fourth-order valence-electron chi connectivity index (χ4n) is 2.15. The van der Waals surface area contributed by atoms with E-state index in [2.05, 4.69) is 12.2 Å². The van der Waals surface area contributed by atoms with E-state index in [9.17, 15) is 4.79 Å². The van der Waals surface area contributed by atoms with Gasteiger partial charge in [-0.2, -0.15) is 0 Å². The van der Waals surface area contributed by atoms with Crippen molar-refractivity contribution in [3.05, 3.63) is 12.2 Å². The molecule has 2 aliphatic carbocycles. The number of allylic oxidation sites excluding steroid dienone is 1. The average Bonchev–Trinajstić information content (AvgIpc) is 2.57. The van der Waals surface area contributed by atoms with Crippen LogP contribution in [0, 0.1) is 17.8 Å². The molecule has 0 aliphatic heterocycles. The van der Waals surface area contributed by atoms with Gasteiger partial charge in [0.05, 0.1) is 11.7 Å². The molecule has 0 amide bonds. The molecule has 0 radical (unpaired) electrons. The molecule has 4 atom stereocenters. The van der Waals surface area contributed by atoms with Gasteiger partial charge in [0.2, 0.25) is 0 Å². The molecule has 2 nitrogen and oxygen atoms in total. The molecule has 2 heteroatoms. The van der Waals surface area contributed by atoms with Crippen LogP contribution in [0.1, 0.15) is 20.8 Å². The molecule has 72 valence electrons. The van der Waals surface area contributed by atoms with E-state index in [1.165, 1.54) is 0 Å². The third-order valence-corrected chi connectivity index (χ3v) is 2.74. The summed E-state index contributed by atoms with van der Waals surface area (Å²) in [7, 11) is 0. The topological polar surface area (TPSA) is 26.3 Å². The molecule has 0 bridgehead atoms. The van der Waals surface area contributed by atoms with Crippen LogP contribution < -0.4 is 0 Å². The monoisotopic (exact) mass is 180 g/mol. The summed E-state index contributed by atoms with van der Waals surface area (Å²) in [6.45, 7) is 6.14. The summed E-state index contributed by atoms with van der Waals surface area (Å²) in [5.41, 5.74) is -0.111. The van der Waals surface area contributed by atoms with Crippen LogP contribution in [-0.4, -0.2) is 18.0 Å². The minimum atomic E-state index is -0.111. The molecule has 2 rings (SSSR count). The van der Waals surface area contributed by atoms with E-state index in [1.54, 1.807) is 0 Å². The number of fused-ring (bicyclic) bond motifs is 1. The van der Waals surface area contributed by atoms with Crippen molar-refractivity contribution in [2.24, 2.45) is 17.8 Å². The van der Waals surface area contributed by atoms with Gasteiger partial charge >= 0.3 is 0 Å². The first kappa shape index (κ1) is 8.95. The Morgan fingerprint density at radius 2 is 2.00 bits per heavy atom. The Morgan fingerprint density at radius 3 is 2.46 bits per heavy atom. The highest BCUT2D eigenvalue weighted by Crippen LogP contribution is 2.54. The summed E-state index contributed by atoms with van der Waals surface area (Å²) in [4.78, 5) is 10.6. The smallest absolute Gasteiger partial charge is 0.124 e. The SMILES string of the molecule is CC(C)(C)O[C@H]1C=C[C@H]2[C@@H](C=O)[C@H]21. The van der Waals surface area contributed by atoms with Crippen LogP contribution in [0.5, 0.6) is 0 Å². The Balaban J connectivity index is 1.97. The van der Waals surface area contributed by atoms with Crippen molar-refractivity contribution in [1.29, 1.82) is 0 Å². The highest BCUT2D eigenvalue weighted by Gasteiger charge is 2.56. The van der Waals surface area contributed by atoms with Gasteiger partial charge in [-0.1, -0.05) is 12.2 Å². The molecule has 0 saturated heterocycles. The van der Waals surface area contributed by atoms with Crippen LogP contribution in [0.4, 0.5) is 0 Å². The summed E-state index contributed by atoms with van der Waals surface area (Å²) in [6.07, 6.45) is 5.46. The molecule has 1 fully saturated rings. The number of hydrogen-bond donors (Lipinski definition) is 0. The van der Waals surface area contributed by atoms with Gasteiger partial charge in [-0.05, 0) is 26.7 Å². The highest BCUT2D eigenvalue weighted by atomic mass is 16.5. The molecular weight excluding hydrogens is 164 g/mol. The van der Waals surface area contributed by atoms with Gasteiger partial charge in [-0.15, -0.1) is 0 Å². The maximum absolute atomic E-state index is 10.6. The first-order chi connectivity index (χ1) is 6.03. The molecule has 1 saturated carbocycles. The van der Waals surface area contributed by atoms with E-state index in [-0.39, 0.29) is 17.6 Å². The summed E-state index contributed by atoms with van der Waals surface area (Å²) in [6, 6.07) is 0. The van der Waals surface area contributed by atoms with Crippen molar-refractivity contribution in [3.63, 3.8) is 0 Å². The van der Waals surface area contributed by atoms with E-state index in [4.69, 9.17) is 4.74 Å². The van der Waals surface area contributed by atoms with E-state index < -0.39 is 0 Å². The lowest BCUT2D eigenvalue weighted by Crippen LogP contribution is -2.27. The number of ether oxygens (including phenoxy) is 1. The highest BCUT2D eigenvalue weighted by molar-refractivity contribution is 5.62. The van der Waals surface area contributed by atoms with Crippen molar-refractivity contribution >= 4 is 6.29 Å². The molecule has 0 aromatic carbocycles. The molecule has 0 unspecified atom stereocenters. The molecule has 0 aromatic rings. The molecule has 2 aliphatic rings. The maximum atomic E-state index is 10.6. The Labute approximate surface area is 79.0 Å². The average molecular weight is 180 g/mol. The third-order valence-electron chi connectivity index (χ3n) is 2.74. The Kier molecular flexibility index (Phi) is 1.84. The zero-order valence-corrected chi connectivity index (χ0v) is 8.36. The number of carbonyl (C=O) groups excluding carboxylic acids is 1. The lowest BCUT2D eigenvalue weighted by molar-refractivity contribution is -0.110. The standard InChI is InChI=1S/C11H16O2/c1-11(2,3)13-9-5-4-7-8(6-12)10(7)9/h4-10H,1-3H3/t7-,8+,9-,10-/m0/s1. The van der Waals surface area contributed by atoms with Gasteiger partial charge in [0, 0.05) is 11.8 Å². The van der Waals surface area contributed by atoms with Gasteiger partial charge in [0.1, 0.15) is 6.29 Å². The number of rotatable bonds is 2. The summed E-state index contributed by atoms with van der Waals surface area (Å²) in [5.74, 6) is 1.15. The Morgan fingerprint density at radius 1 is 1.31 bits per heavy atom. The predicted octanol–water partition coefficient (Wildman–Crippen LogP) is 1.80. The van der Waals surface area contributed by atoms with E-state index >= 15 is 0 Å². The first-order valence-electron chi connectivity index (χ1n) is 4.84. The second-order valence-electron chi connectivity index (χ2n) is 4.95. The second-order valence-corrected chi connectivity index (χ2v) is 4.95. The van der Waals surface area contributed by atoms with Crippen molar-refractivity contribution in [2.75, 3.05) is 0 Å². The number of carbonyl (C=O) groups is 1. The second kappa shape index (κ2) is 2.68. The van der Waals surface area contributed by atoms with Gasteiger partial charge < -0.3 is 9.53 Å². The Hall–Kier alpha value is -0.630. The van der Waals surface area contributed by atoms with Crippen LogP contribution in [0.15, 0.2) is 12.2 Å². The number of aldehydes is 1. The summed E-state index contributed by atoms with van der Waals surface area (Å²) in [5, 5.41) is 0. The van der Waals surface area contributed by atoms with Gasteiger partial charge in [-0.3, -0.25) is 0 Å². The van der Waals surface area contributed by atoms with Crippen LogP contribution in [0.25, 0.3) is 0 Å². The lowest BCUT2D eigenvalue weighted by atomic mass is 10.1. The zero-order valence-electron chi connectivity index (χ0n) is 8.36. The normalized spacial score (nSPS) is 41.8. The molecule has 13 heavy (non-hydrogen) atoms. The van der Waals surface area contributed by atoms with E-state index in [0.29, 0.717) is 11.8 Å². The summed E-state index contributed by atoms with van der Waals surface area (Å²) >= 11 is 0. The fraction of sp³-hybridized carbons (Fsp3) is 0.727. The van der Waals surface area contributed by atoms with Gasteiger partial charge in [0.15, 0.2) is 0 Å². The molecule has 0 aromatic heterocycles. The fourth-order valence-corrected chi connectivity index (χ4v) is 2.15. The van der Waals surface area contributed by atoms with Crippen molar-refractivity contribution < 1.29 is 9.53 Å². The first-order valence-corrected chi connectivity index (χ1v) is 4.84. The quantitative estimate of drug-likeness (QED) is 0.478. The largest absolute Gasteiger partial charge is 0.368 e. The van der Waals surface area contributed by atoms with E-state index in [1.807, 2.05) is 20.8 Å². The van der Waals surface area contributed by atoms with Crippen molar-refractivity contribution in [3.8, 4) is 0 Å². The molecule has 0 spiro atoms. The zero-order chi connectivity index (χ0) is 9.64. The van der Waals surface area contributed by atoms with Crippen molar-refractivity contribution in [2.45, 2.75) is 32.5 Å². The van der Waals surface area contributed by atoms with Crippen LogP contribution >= 0.6 is 0 Å². The van der Waals surface area contributed by atoms with Crippen LogP contribution in [0.2, 0.25) is 0 Å². The lowest BCUT2D eigenvalue weighted by Gasteiger charge is -2.24.